The number of nitrogens with one attached hydrogen (secondary N) is 1. The molecule has 1 N–H and O–H groups in total. The van der Waals surface area contributed by atoms with E-state index in [2.05, 4.69) is 5.32 Å². The maximum Gasteiger partial charge on any atom is 0.151 e. The lowest BCUT2D eigenvalue weighted by Crippen LogP contribution is -2.36. The molecule has 0 spiro atoms. The van der Waals surface area contributed by atoms with E-state index in [9.17, 15) is 8.78 Å². The van der Waals surface area contributed by atoms with Gasteiger partial charge in [-0.2, -0.15) is 0 Å². The van der Waals surface area contributed by atoms with Crippen molar-refractivity contribution in [1.29, 1.82) is 0 Å². The minimum Gasteiger partial charge on any atom is -0.383 e. The second-order valence-corrected chi connectivity index (χ2v) is 3.69. The molecule has 5 heteroatoms. The standard InChI is InChI=1S/C11H14F2N2O/c1-16-5-4-15-3-2-14-11-9(13)6-8(12)7-10(11)15/h6-7,14H,2-5H2,1H3. The van der Waals surface area contributed by atoms with Crippen LogP contribution in [0.4, 0.5) is 20.2 Å². The lowest BCUT2D eigenvalue weighted by atomic mass is 10.2. The van der Waals surface area contributed by atoms with Crippen LogP contribution in [0.5, 0.6) is 0 Å². The highest BCUT2D eigenvalue weighted by atomic mass is 19.1. The highest BCUT2D eigenvalue weighted by molar-refractivity contribution is 5.72. The summed E-state index contributed by atoms with van der Waals surface area (Å²) < 4.78 is 31.6. The Balaban J connectivity index is 2.30. The fraction of sp³-hybridized carbons (Fsp3) is 0.455. The number of rotatable bonds is 3. The molecule has 1 aliphatic heterocycles. The molecule has 0 atom stereocenters. The van der Waals surface area contributed by atoms with Crippen LogP contribution in [0.25, 0.3) is 0 Å². The van der Waals surface area contributed by atoms with Gasteiger partial charge in [0.15, 0.2) is 5.82 Å². The van der Waals surface area contributed by atoms with Crippen LogP contribution < -0.4 is 10.2 Å². The molecule has 1 aromatic carbocycles. The first-order chi connectivity index (χ1) is 7.72. The molecule has 0 fully saturated rings. The van der Waals surface area contributed by atoms with Crippen LogP contribution >= 0.6 is 0 Å². The number of halogens is 2. The van der Waals surface area contributed by atoms with Crippen LogP contribution in [0.2, 0.25) is 0 Å². The summed E-state index contributed by atoms with van der Waals surface area (Å²) in [5.74, 6) is -1.10. The number of anilines is 2. The Hall–Kier alpha value is -1.36. The van der Waals surface area contributed by atoms with Gasteiger partial charge in [-0.1, -0.05) is 0 Å². The first kappa shape index (κ1) is 11.1. The fourth-order valence-corrected chi connectivity index (χ4v) is 1.85. The first-order valence-electron chi connectivity index (χ1n) is 5.19. The van der Waals surface area contributed by atoms with Gasteiger partial charge in [0.05, 0.1) is 18.0 Å². The third-order valence-corrected chi connectivity index (χ3v) is 2.62. The molecule has 16 heavy (non-hydrogen) atoms. The summed E-state index contributed by atoms with van der Waals surface area (Å²) in [6, 6.07) is 2.24. The van der Waals surface area contributed by atoms with Gasteiger partial charge in [-0.05, 0) is 6.07 Å². The smallest absolute Gasteiger partial charge is 0.151 e. The lowest BCUT2D eigenvalue weighted by molar-refractivity contribution is 0.205. The van der Waals surface area contributed by atoms with Gasteiger partial charge < -0.3 is 15.0 Å². The van der Waals surface area contributed by atoms with E-state index in [1.165, 1.54) is 6.07 Å². The molecule has 88 valence electrons. The van der Waals surface area contributed by atoms with E-state index in [0.717, 1.165) is 12.6 Å². The van der Waals surface area contributed by atoms with Gasteiger partial charge in [-0.15, -0.1) is 0 Å². The van der Waals surface area contributed by atoms with Crippen molar-refractivity contribution in [3.05, 3.63) is 23.8 Å². The quantitative estimate of drug-likeness (QED) is 0.854. The summed E-state index contributed by atoms with van der Waals surface area (Å²) in [5, 5.41) is 2.94. The maximum absolute atomic E-state index is 13.5. The predicted octanol–water partition coefficient (Wildman–Crippen LogP) is 1.84. The molecule has 3 nitrogen and oxygen atoms in total. The van der Waals surface area contributed by atoms with E-state index in [0.29, 0.717) is 31.1 Å². The summed E-state index contributed by atoms with van der Waals surface area (Å²) >= 11 is 0. The Morgan fingerprint density at radius 2 is 2.25 bits per heavy atom. The number of nitrogens with zero attached hydrogens (tertiary/aromatic N) is 1. The Labute approximate surface area is 93.0 Å². The Morgan fingerprint density at radius 1 is 1.44 bits per heavy atom. The summed E-state index contributed by atoms with van der Waals surface area (Å²) in [6.45, 7) is 2.55. The summed E-state index contributed by atoms with van der Waals surface area (Å²) in [5.41, 5.74) is 0.949. The van der Waals surface area contributed by atoms with Crippen LogP contribution in [-0.4, -0.2) is 33.4 Å². The summed E-state index contributed by atoms with van der Waals surface area (Å²) in [7, 11) is 1.61. The van der Waals surface area contributed by atoms with Crippen molar-refractivity contribution in [3.8, 4) is 0 Å². The molecule has 1 heterocycles. The van der Waals surface area contributed by atoms with Gasteiger partial charge in [-0.3, -0.25) is 0 Å². The van der Waals surface area contributed by atoms with E-state index in [1.807, 2.05) is 4.90 Å². The Bertz CT molecular complexity index is 384. The average molecular weight is 228 g/mol. The van der Waals surface area contributed by atoms with Crippen LogP contribution in [-0.2, 0) is 4.74 Å². The highest BCUT2D eigenvalue weighted by Gasteiger charge is 2.20. The SMILES string of the molecule is COCCN1CCNc2c(F)cc(F)cc21. The predicted molar refractivity (Wildman–Crippen MR) is 58.9 cm³/mol. The van der Waals surface area contributed by atoms with E-state index in [-0.39, 0.29) is 0 Å². The molecular weight excluding hydrogens is 214 g/mol. The average Bonchev–Trinajstić information content (AvgIpc) is 2.26. The fourth-order valence-electron chi connectivity index (χ4n) is 1.85. The monoisotopic (exact) mass is 228 g/mol. The number of ether oxygens (including phenoxy) is 1. The first-order valence-corrected chi connectivity index (χ1v) is 5.19. The number of benzene rings is 1. The van der Waals surface area contributed by atoms with Crippen LogP contribution in [0.15, 0.2) is 12.1 Å². The van der Waals surface area contributed by atoms with Crippen molar-refractivity contribution in [2.45, 2.75) is 0 Å². The van der Waals surface area contributed by atoms with Crippen LogP contribution in [0, 0.1) is 11.6 Å². The largest absolute Gasteiger partial charge is 0.383 e. The van der Waals surface area contributed by atoms with Crippen molar-refractivity contribution in [2.24, 2.45) is 0 Å². The molecule has 0 amide bonds. The van der Waals surface area contributed by atoms with Crippen molar-refractivity contribution < 1.29 is 13.5 Å². The normalized spacial score (nSPS) is 14.6. The Kier molecular flexibility index (Phi) is 3.24. The second kappa shape index (κ2) is 4.65. The summed E-state index contributed by atoms with van der Waals surface area (Å²) in [6.07, 6.45) is 0. The molecule has 0 radical (unpaired) electrons. The minimum atomic E-state index is -0.553. The Morgan fingerprint density at radius 3 is 3.00 bits per heavy atom. The van der Waals surface area contributed by atoms with Crippen molar-refractivity contribution in [3.63, 3.8) is 0 Å². The van der Waals surface area contributed by atoms with Crippen molar-refractivity contribution in [2.75, 3.05) is 43.6 Å². The van der Waals surface area contributed by atoms with E-state index in [1.54, 1.807) is 7.11 Å². The zero-order chi connectivity index (χ0) is 11.5. The molecule has 2 rings (SSSR count). The lowest BCUT2D eigenvalue weighted by Gasteiger charge is -2.32. The molecule has 0 bridgehead atoms. The van der Waals surface area contributed by atoms with Gasteiger partial charge >= 0.3 is 0 Å². The van der Waals surface area contributed by atoms with Crippen LogP contribution in [0.3, 0.4) is 0 Å². The second-order valence-electron chi connectivity index (χ2n) is 3.69. The van der Waals surface area contributed by atoms with Gasteiger partial charge in [0.25, 0.3) is 0 Å². The van der Waals surface area contributed by atoms with Crippen LogP contribution in [0.1, 0.15) is 0 Å². The molecule has 0 aromatic heterocycles. The number of methoxy groups -OCH3 is 1. The van der Waals surface area contributed by atoms with E-state index < -0.39 is 11.6 Å². The van der Waals surface area contributed by atoms with E-state index in [4.69, 9.17) is 4.74 Å². The molecule has 0 unspecified atom stereocenters. The number of hydrogen-bond donors (Lipinski definition) is 1. The molecule has 0 aliphatic carbocycles. The van der Waals surface area contributed by atoms with E-state index >= 15 is 0 Å². The highest BCUT2D eigenvalue weighted by Crippen LogP contribution is 2.32. The maximum atomic E-state index is 13.5. The zero-order valence-electron chi connectivity index (χ0n) is 9.09. The number of hydrogen-bond acceptors (Lipinski definition) is 3. The third kappa shape index (κ3) is 2.09. The zero-order valence-corrected chi connectivity index (χ0v) is 9.09. The van der Waals surface area contributed by atoms with Gasteiger partial charge in [0.2, 0.25) is 0 Å². The number of fused-ring (bicyclic) bond motifs is 1. The third-order valence-electron chi connectivity index (χ3n) is 2.62. The molecular formula is C11H14F2N2O. The van der Waals surface area contributed by atoms with Gasteiger partial charge in [0.1, 0.15) is 5.82 Å². The van der Waals surface area contributed by atoms with Gasteiger partial charge in [0, 0.05) is 32.8 Å². The molecule has 0 saturated carbocycles. The molecule has 0 saturated heterocycles. The summed E-state index contributed by atoms with van der Waals surface area (Å²) in [4.78, 5) is 1.92. The van der Waals surface area contributed by atoms with Crippen molar-refractivity contribution >= 4 is 11.4 Å². The minimum absolute atomic E-state index is 0.378. The van der Waals surface area contributed by atoms with Crippen molar-refractivity contribution in [1.82, 2.24) is 0 Å². The van der Waals surface area contributed by atoms with Gasteiger partial charge in [-0.25, -0.2) is 8.78 Å². The molecule has 1 aromatic rings. The molecule has 1 aliphatic rings. The topological polar surface area (TPSA) is 24.5 Å².